The lowest BCUT2D eigenvalue weighted by Crippen LogP contribution is -2.39. The van der Waals surface area contributed by atoms with Crippen LogP contribution in [0, 0.1) is 17.8 Å². The van der Waals surface area contributed by atoms with Crippen molar-refractivity contribution in [2.75, 3.05) is 18.5 Å². The van der Waals surface area contributed by atoms with Gasteiger partial charge in [0.15, 0.2) is 0 Å². The molecule has 0 aliphatic heterocycles. The van der Waals surface area contributed by atoms with E-state index in [-0.39, 0.29) is 23.8 Å². The summed E-state index contributed by atoms with van der Waals surface area (Å²) >= 11 is 0. The smallest absolute Gasteiger partial charge is 0.253 e. The van der Waals surface area contributed by atoms with Crippen molar-refractivity contribution in [1.82, 2.24) is 5.32 Å². The van der Waals surface area contributed by atoms with Crippen LogP contribution in [0.15, 0.2) is 24.3 Å². The molecular weight excluding hydrogens is 380 g/mol. The number of amides is 2. The molecule has 3 rings (SSSR count). The normalized spacial score (nSPS) is 19.2. The molecule has 0 bridgehead atoms. The monoisotopic (exact) mass is 416 g/mol. The Morgan fingerprint density at radius 3 is 1.97 bits per heavy atom. The molecule has 2 amide bonds. The highest BCUT2D eigenvalue weighted by Crippen LogP contribution is 2.31. The van der Waals surface area contributed by atoms with Crippen LogP contribution >= 0.6 is 0 Å². The van der Waals surface area contributed by atoms with E-state index in [1.54, 1.807) is 13.8 Å². The van der Waals surface area contributed by atoms with Gasteiger partial charge in [0.25, 0.3) is 5.91 Å². The molecule has 6 heteroatoms. The first-order valence-corrected chi connectivity index (χ1v) is 11.3. The van der Waals surface area contributed by atoms with Crippen LogP contribution in [0.2, 0.25) is 0 Å². The van der Waals surface area contributed by atoms with Gasteiger partial charge >= 0.3 is 0 Å². The van der Waals surface area contributed by atoms with Crippen molar-refractivity contribution in [1.29, 1.82) is 0 Å². The highest BCUT2D eigenvalue weighted by Gasteiger charge is 2.28. The average Bonchev–Trinajstić information content (AvgIpc) is 3.63. The van der Waals surface area contributed by atoms with Crippen molar-refractivity contribution in [3.63, 3.8) is 0 Å². The highest BCUT2D eigenvalue weighted by atomic mass is 16.5. The number of anilines is 1. The van der Waals surface area contributed by atoms with Crippen molar-refractivity contribution < 1.29 is 19.1 Å². The molecule has 2 aliphatic rings. The summed E-state index contributed by atoms with van der Waals surface area (Å²) in [5.74, 6) is 1.07. The Morgan fingerprint density at radius 1 is 0.900 bits per heavy atom. The van der Waals surface area contributed by atoms with Crippen LogP contribution in [-0.2, 0) is 19.1 Å². The Labute approximate surface area is 180 Å². The van der Waals surface area contributed by atoms with Gasteiger partial charge in [-0.25, -0.2) is 0 Å². The molecule has 0 radical (unpaired) electrons. The van der Waals surface area contributed by atoms with Crippen molar-refractivity contribution in [3.05, 3.63) is 29.8 Å². The Morgan fingerprint density at radius 2 is 1.43 bits per heavy atom. The molecule has 1 aromatic carbocycles. The number of carbonyl (C=O) groups is 2. The van der Waals surface area contributed by atoms with Gasteiger partial charge in [0.05, 0.1) is 19.3 Å². The third kappa shape index (κ3) is 6.81. The van der Waals surface area contributed by atoms with E-state index in [0.717, 1.165) is 5.56 Å². The van der Waals surface area contributed by atoms with Gasteiger partial charge in [-0.3, -0.25) is 9.59 Å². The van der Waals surface area contributed by atoms with E-state index in [1.165, 1.54) is 25.7 Å². The SMILES string of the molecule is CC(C)[C@H](NC(=O)[C@@H](C)OCC1CC1)c1ccccc1NC(=O)[C@H](C)OCC1CC1. The quantitative estimate of drug-likeness (QED) is 0.539. The first-order chi connectivity index (χ1) is 14.3. The zero-order chi connectivity index (χ0) is 21.7. The molecule has 2 saturated carbocycles. The summed E-state index contributed by atoms with van der Waals surface area (Å²) < 4.78 is 11.4. The second-order valence-electron chi connectivity index (χ2n) is 9.14. The minimum absolute atomic E-state index is 0.128. The molecule has 0 unspecified atom stereocenters. The summed E-state index contributed by atoms with van der Waals surface area (Å²) in [5.41, 5.74) is 1.59. The largest absolute Gasteiger partial charge is 0.368 e. The second kappa shape index (κ2) is 10.4. The maximum Gasteiger partial charge on any atom is 0.253 e. The summed E-state index contributed by atoms with van der Waals surface area (Å²) in [6.07, 6.45) is 3.76. The van der Waals surface area contributed by atoms with E-state index in [2.05, 4.69) is 24.5 Å². The standard InChI is InChI=1S/C24H36N2O4/c1-15(2)22(26-24(28)17(4)30-14-19-11-12-19)20-7-5-6-8-21(20)25-23(27)16(3)29-13-18-9-10-18/h5-8,15-19,22H,9-14H2,1-4H3,(H,25,27)(H,26,28)/t16-,17+,22-/m0/s1. The van der Waals surface area contributed by atoms with Crippen LogP contribution in [0.1, 0.15) is 65.0 Å². The maximum absolute atomic E-state index is 12.7. The number of rotatable bonds is 12. The fraction of sp³-hybridized carbons (Fsp3) is 0.667. The number of nitrogens with one attached hydrogen (secondary N) is 2. The predicted octanol–water partition coefficient (Wildman–Crippen LogP) is 4.07. The fourth-order valence-corrected chi connectivity index (χ4v) is 3.27. The number of benzene rings is 1. The minimum atomic E-state index is -0.512. The van der Waals surface area contributed by atoms with Crippen LogP contribution in [0.3, 0.4) is 0 Å². The van der Waals surface area contributed by atoms with Gasteiger partial charge in [-0.15, -0.1) is 0 Å². The van der Waals surface area contributed by atoms with Crippen LogP contribution in [0.5, 0.6) is 0 Å². The summed E-state index contributed by atoms with van der Waals surface area (Å²) in [7, 11) is 0. The van der Waals surface area contributed by atoms with Crippen molar-refractivity contribution in [2.45, 2.75) is 71.6 Å². The third-order valence-electron chi connectivity index (χ3n) is 5.81. The van der Waals surface area contributed by atoms with Gasteiger partial charge in [0.2, 0.25) is 5.91 Å². The van der Waals surface area contributed by atoms with Crippen LogP contribution in [-0.4, -0.2) is 37.2 Å². The number of hydrogen-bond donors (Lipinski definition) is 2. The Hall–Kier alpha value is -1.92. The first-order valence-electron chi connectivity index (χ1n) is 11.3. The zero-order valence-electron chi connectivity index (χ0n) is 18.6. The Balaban J connectivity index is 1.63. The molecule has 2 fully saturated rings. The second-order valence-corrected chi connectivity index (χ2v) is 9.14. The Kier molecular flexibility index (Phi) is 7.89. The summed E-state index contributed by atoms with van der Waals surface area (Å²) in [5, 5.41) is 6.12. The Bertz CT molecular complexity index is 728. The van der Waals surface area contributed by atoms with Crippen molar-refractivity contribution >= 4 is 17.5 Å². The lowest BCUT2D eigenvalue weighted by molar-refractivity contribution is -0.133. The lowest BCUT2D eigenvalue weighted by Gasteiger charge is -2.27. The number of ether oxygens (including phenoxy) is 2. The molecule has 2 N–H and O–H groups in total. The molecule has 2 aliphatic carbocycles. The molecular formula is C24H36N2O4. The lowest BCUT2D eigenvalue weighted by atomic mass is 9.94. The number of hydrogen-bond acceptors (Lipinski definition) is 4. The van der Waals surface area contributed by atoms with E-state index in [0.29, 0.717) is 30.7 Å². The van der Waals surface area contributed by atoms with Crippen molar-refractivity contribution in [3.8, 4) is 0 Å². The molecule has 30 heavy (non-hydrogen) atoms. The van der Waals surface area contributed by atoms with E-state index in [4.69, 9.17) is 9.47 Å². The van der Waals surface area contributed by atoms with Crippen LogP contribution in [0.4, 0.5) is 5.69 Å². The topological polar surface area (TPSA) is 76.7 Å². The van der Waals surface area contributed by atoms with Crippen LogP contribution < -0.4 is 10.6 Å². The first kappa shape index (κ1) is 22.8. The zero-order valence-corrected chi connectivity index (χ0v) is 18.6. The van der Waals surface area contributed by atoms with E-state index >= 15 is 0 Å². The average molecular weight is 417 g/mol. The van der Waals surface area contributed by atoms with Gasteiger partial charge < -0.3 is 20.1 Å². The van der Waals surface area contributed by atoms with Gasteiger partial charge in [-0.2, -0.15) is 0 Å². The highest BCUT2D eigenvalue weighted by molar-refractivity contribution is 5.94. The molecule has 166 valence electrons. The summed E-state index contributed by atoms with van der Waals surface area (Å²) in [6, 6.07) is 7.40. The van der Waals surface area contributed by atoms with Gasteiger partial charge in [-0.05, 0) is 68.9 Å². The molecule has 0 spiro atoms. The van der Waals surface area contributed by atoms with Gasteiger partial charge in [-0.1, -0.05) is 32.0 Å². The molecule has 1 aromatic rings. The number of para-hydroxylation sites is 1. The van der Waals surface area contributed by atoms with Crippen LogP contribution in [0.25, 0.3) is 0 Å². The van der Waals surface area contributed by atoms with Gasteiger partial charge in [0, 0.05) is 5.69 Å². The van der Waals surface area contributed by atoms with Crippen molar-refractivity contribution in [2.24, 2.45) is 17.8 Å². The summed E-state index contributed by atoms with van der Waals surface area (Å²) in [6.45, 7) is 8.97. The third-order valence-corrected chi connectivity index (χ3v) is 5.81. The fourth-order valence-electron chi connectivity index (χ4n) is 3.27. The molecule has 3 atom stereocenters. The number of carbonyl (C=O) groups excluding carboxylic acids is 2. The van der Waals surface area contributed by atoms with E-state index in [9.17, 15) is 9.59 Å². The molecule has 6 nitrogen and oxygen atoms in total. The molecule has 0 saturated heterocycles. The maximum atomic E-state index is 12.7. The molecule has 0 heterocycles. The minimum Gasteiger partial charge on any atom is -0.368 e. The van der Waals surface area contributed by atoms with E-state index in [1.807, 2.05) is 24.3 Å². The predicted molar refractivity (Wildman–Crippen MR) is 117 cm³/mol. The summed E-state index contributed by atoms with van der Waals surface area (Å²) in [4.78, 5) is 25.3. The molecule has 0 aromatic heterocycles. The van der Waals surface area contributed by atoms with Gasteiger partial charge in [0.1, 0.15) is 12.2 Å². The van der Waals surface area contributed by atoms with E-state index < -0.39 is 12.2 Å².